The van der Waals surface area contributed by atoms with Crippen molar-refractivity contribution in [1.29, 1.82) is 10.5 Å². The summed E-state index contributed by atoms with van der Waals surface area (Å²) in [6.07, 6.45) is 0. The molecule has 1 aromatic carbocycles. The van der Waals surface area contributed by atoms with Crippen LogP contribution in [0.3, 0.4) is 0 Å². The fourth-order valence-corrected chi connectivity index (χ4v) is 2.24. The summed E-state index contributed by atoms with van der Waals surface area (Å²) in [6.45, 7) is 2.00. The van der Waals surface area contributed by atoms with Gasteiger partial charge in [0, 0.05) is 12.4 Å². The molecular formula is C14H9N5. The van der Waals surface area contributed by atoms with Crippen molar-refractivity contribution in [3.63, 3.8) is 0 Å². The van der Waals surface area contributed by atoms with Crippen molar-refractivity contribution < 1.29 is 0 Å². The molecule has 5 nitrogen and oxygen atoms in total. The third-order valence-electron chi connectivity index (χ3n) is 3.18. The standard InChI is InChI=1S/C14H9N5/c1-8-3-4-12-9(5-8)13-14(19(12)2)18-11(7-16)10(6-15)17-13/h3-5H,1-2H3. The van der Waals surface area contributed by atoms with Crippen LogP contribution in [0.15, 0.2) is 18.2 Å². The summed E-state index contributed by atoms with van der Waals surface area (Å²) in [5, 5.41) is 19.0. The van der Waals surface area contributed by atoms with Gasteiger partial charge in [0.05, 0.1) is 5.52 Å². The predicted molar refractivity (Wildman–Crippen MR) is 70.2 cm³/mol. The topological polar surface area (TPSA) is 78.3 Å². The second-order valence-electron chi connectivity index (χ2n) is 4.40. The highest BCUT2D eigenvalue weighted by Gasteiger charge is 2.15. The van der Waals surface area contributed by atoms with Crippen LogP contribution < -0.4 is 0 Å². The van der Waals surface area contributed by atoms with Crippen LogP contribution in [0, 0.1) is 29.6 Å². The largest absolute Gasteiger partial charge is 0.327 e. The van der Waals surface area contributed by atoms with Crippen LogP contribution >= 0.6 is 0 Å². The first-order chi connectivity index (χ1) is 9.15. The van der Waals surface area contributed by atoms with Gasteiger partial charge in [-0.15, -0.1) is 0 Å². The Morgan fingerprint density at radius 1 is 1.11 bits per heavy atom. The molecule has 0 fully saturated rings. The second-order valence-corrected chi connectivity index (χ2v) is 4.40. The average molecular weight is 247 g/mol. The molecule has 3 rings (SSSR count). The maximum Gasteiger partial charge on any atom is 0.179 e. The molecule has 5 heteroatoms. The number of benzene rings is 1. The minimum Gasteiger partial charge on any atom is -0.327 e. The summed E-state index contributed by atoms with van der Waals surface area (Å²) in [6, 6.07) is 9.85. The van der Waals surface area contributed by atoms with E-state index in [1.54, 1.807) is 0 Å². The molecule has 3 aromatic rings. The van der Waals surface area contributed by atoms with Crippen LogP contribution in [0.25, 0.3) is 22.1 Å². The van der Waals surface area contributed by atoms with E-state index in [2.05, 4.69) is 9.97 Å². The summed E-state index contributed by atoms with van der Waals surface area (Å²) < 4.78 is 1.89. The number of aromatic nitrogens is 3. The Labute approximate surface area is 109 Å². The lowest BCUT2D eigenvalue weighted by molar-refractivity contribution is 0.979. The van der Waals surface area contributed by atoms with E-state index in [9.17, 15) is 0 Å². The second kappa shape index (κ2) is 3.79. The summed E-state index contributed by atoms with van der Waals surface area (Å²) in [7, 11) is 1.88. The first-order valence-corrected chi connectivity index (χ1v) is 5.72. The van der Waals surface area contributed by atoms with Gasteiger partial charge >= 0.3 is 0 Å². The lowest BCUT2D eigenvalue weighted by Gasteiger charge is -1.97. The van der Waals surface area contributed by atoms with Crippen LogP contribution in [-0.2, 0) is 7.05 Å². The number of nitrogens with zero attached hydrogens (tertiary/aromatic N) is 5. The molecule has 0 aliphatic heterocycles. The van der Waals surface area contributed by atoms with Gasteiger partial charge in [0.25, 0.3) is 0 Å². The van der Waals surface area contributed by atoms with Gasteiger partial charge in [-0.3, -0.25) is 0 Å². The van der Waals surface area contributed by atoms with E-state index in [1.165, 1.54) is 0 Å². The average Bonchev–Trinajstić information content (AvgIpc) is 2.70. The lowest BCUT2D eigenvalue weighted by Crippen LogP contribution is -1.97. The van der Waals surface area contributed by atoms with Crippen molar-refractivity contribution in [2.24, 2.45) is 7.05 Å². The number of nitriles is 2. The Balaban J connectivity index is 2.58. The van der Waals surface area contributed by atoms with Crippen molar-refractivity contribution in [3.8, 4) is 12.1 Å². The zero-order valence-corrected chi connectivity index (χ0v) is 10.5. The van der Waals surface area contributed by atoms with Crippen LogP contribution in [0.1, 0.15) is 17.0 Å². The molecule has 0 saturated carbocycles. The normalized spacial score (nSPS) is 10.5. The maximum absolute atomic E-state index is 9.03. The first kappa shape index (κ1) is 11.2. The highest BCUT2D eigenvalue weighted by atomic mass is 15.0. The molecule has 19 heavy (non-hydrogen) atoms. The van der Waals surface area contributed by atoms with E-state index in [1.807, 2.05) is 48.9 Å². The number of rotatable bonds is 0. The van der Waals surface area contributed by atoms with Gasteiger partial charge in [-0.05, 0) is 19.1 Å². The quantitative estimate of drug-likeness (QED) is 0.610. The zero-order chi connectivity index (χ0) is 13.6. The van der Waals surface area contributed by atoms with Gasteiger partial charge in [-0.25, -0.2) is 9.97 Å². The third-order valence-corrected chi connectivity index (χ3v) is 3.18. The van der Waals surface area contributed by atoms with E-state index < -0.39 is 0 Å². The predicted octanol–water partition coefficient (Wildman–Crippen LogP) is 2.17. The Hall–Kier alpha value is -2.92. The van der Waals surface area contributed by atoms with Crippen molar-refractivity contribution in [2.75, 3.05) is 0 Å². The Bertz CT molecular complexity index is 906. The monoisotopic (exact) mass is 247 g/mol. The lowest BCUT2D eigenvalue weighted by atomic mass is 10.1. The first-order valence-electron chi connectivity index (χ1n) is 5.72. The van der Waals surface area contributed by atoms with E-state index >= 15 is 0 Å². The Morgan fingerprint density at radius 2 is 1.79 bits per heavy atom. The van der Waals surface area contributed by atoms with E-state index in [4.69, 9.17) is 10.5 Å². The smallest absolute Gasteiger partial charge is 0.179 e. The van der Waals surface area contributed by atoms with Gasteiger partial charge in [-0.2, -0.15) is 10.5 Å². The van der Waals surface area contributed by atoms with Gasteiger partial charge in [0.15, 0.2) is 17.0 Å². The fraction of sp³-hybridized carbons (Fsp3) is 0.143. The number of aryl methyl sites for hydroxylation is 2. The van der Waals surface area contributed by atoms with E-state index in [0.717, 1.165) is 16.5 Å². The molecule has 0 N–H and O–H groups in total. The molecule has 2 heterocycles. The maximum atomic E-state index is 9.03. The SMILES string of the molecule is Cc1ccc2c(c1)c1nc(C#N)c(C#N)nc1n2C. The molecule has 0 spiro atoms. The molecule has 0 saturated heterocycles. The van der Waals surface area contributed by atoms with Crippen molar-refractivity contribution in [1.82, 2.24) is 14.5 Å². The molecule has 0 bridgehead atoms. The van der Waals surface area contributed by atoms with Gasteiger partial charge < -0.3 is 4.57 Å². The Kier molecular flexibility index (Phi) is 2.23. The Morgan fingerprint density at radius 3 is 2.47 bits per heavy atom. The summed E-state index contributed by atoms with van der Waals surface area (Å²) in [4.78, 5) is 8.54. The van der Waals surface area contributed by atoms with Crippen molar-refractivity contribution >= 4 is 22.1 Å². The van der Waals surface area contributed by atoms with Crippen LogP contribution in [-0.4, -0.2) is 14.5 Å². The minimum absolute atomic E-state index is 0.0672. The summed E-state index contributed by atoms with van der Waals surface area (Å²) >= 11 is 0. The third kappa shape index (κ3) is 1.46. The van der Waals surface area contributed by atoms with Gasteiger partial charge in [0.2, 0.25) is 0 Å². The number of fused-ring (bicyclic) bond motifs is 3. The minimum atomic E-state index is 0.0672. The molecule has 0 atom stereocenters. The molecule has 0 unspecified atom stereocenters. The highest BCUT2D eigenvalue weighted by molar-refractivity contribution is 6.04. The van der Waals surface area contributed by atoms with Crippen LogP contribution in [0.2, 0.25) is 0 Å². The van der Waals surface area contributed by atoms with Crippen molar-refractivity contribution in [2.45, 2.75) is 6.92 Å². The molecule has 0 radical (unpaired) electrons. The van der Waals surface area contributed by atoms with E-state index in [-0.39, 0.29) is 11.4 Å². The van der Waals surface area contributed by atoms with E-state index in [0.29, 0.717) is 11.2 Å². The van der Waals surface area contributed by atoms with Crippen molar-refractivity contribution in [3.05, 3.63) is 35.2 Å². The summed E-state index contributed by atoms with van der Waals surface area (Å²) in [5.74, 6) is 0. The molecule has 0 amide bonds. The molecule has 0 aliphatic carbocycles. The fourth-order valence-electron chi connectivity index (χ4n) is 2.24. The molecule has 2 aromatic heterocycles. The van der Waals surface area contributed by atoms with Crippen LogP contribution in [0.5, 0.6) is 0 Å². The summed E-state index contributed by atoms with van der Waals surface area (Å²) in [5.41, 5.74) is 3.53. The molecule has 90 valence electrons. The molecule has 0 aliphatic rings. The van der Waals surface area contributed by atoms with Gasteiger partial charge in [0.1, 0.15) is 17.7 Å². The van der Waals surface area contributed by atoms with Crippen LogP contribution in [0.4, 0.5) is 0 Å². The number of hydrogen-bond donors (Lipinski definition) is 0. The van der Waals surface area contributed by atoms with Gasteiger partial charge in [-0.1, -0.05) is 11.6 Å². The highest BCUT2D eigenvalue weighted by Crippen LogP contribution is 2.26. The number of hydrogen-bond acceptors (Lipinski definition) is 4. The molecular weight excluding hydrogens is 238 g/mol. The zero-order valence-electron chi connectivity index (χ0n) is 10.5.